The van der Waals surface area contributed by atoms with Gasteiger partial charge in [-0.15, -0.1) is 0 Å². The van der Waals surface area contributed by atoms with Gasteiger partial charge in [-0.3, -0.25) is 9.59 Å². The zero-order valence-corrected chi connectivity index (χ0v) is 29.4. The summed E-state index contributed by atoms with van der Waals surface area (Å²) in [6.07, 6.45) is 38.8. The first-order chi connectivity index (χ1) is 22.4. The van der Waals surface area contributed by atoms with Crippen LogP contribution in [0.4, 0.5) is 0 Å². The Bertz CT molecular complexity index is 864. The highest BCUT2D eigenvalue weighted by atomic mass is 16.5. The van der Waals surface area contributed by atoms with Crippen molar-refractivity contribution in [1.82, 2.24) is 5.32 Å². The zero-order valence-electron chi connectivity index (χ0n) is 29.4. The van der Waals surface area contributed by atoms with Crippen LogP contribution < -0.4 is 11.1 Å². The molecule has 0 bridgehead atoms. The van der Waals surface area contributed by atoms with Gasteiger partial charge in [0, 0.05) is 12.8 Å². The molecule has 2 atom stereocenters. The predicted octanol–water partition coefficient (Wildman–Crippen LogP) is 9.66. The Morgan fingerprint density at radius 1 is 0.674 bits per heavy atom. The van der Waals surface area contributed by atoms with Gasteiger partial charge in [-0.1, -0.05) is 108 Å². The van der Waals surface area contributed by atoms with Crippen molar-refractivity contribution in [3.63, 3.8) is 0 Å². The lowest BCUT2D eigenvalue weighted by Crippen LogP contribution is -2.40. The minimum absolute atomic E-state index is 0.125. The summed E-state index contributed by atoms with van der Waals surface area (Å²) in [5, 5.41) is 11.9. The van der Waals surface area contributed by atoms with Gasteiger partial charge in [0.05, 0.1) is 0 Å². The van der Waals surface area contributed by atoms with E-state index in [1.807, 2.05) is 6.08 Å². The van der Waals surface area contributed by atoms with Crippen LogP contribution in [0.3, 0.4) is 0 Å². The molecule has 0 fully saturated rings. The van der Waals surface area contributed by atoms with Crippen LogP contribution >= 0.6 is 0 Å². The van der Waals surface area contributed by atoms with Crippen LogP contribution in [-0.4, -0.2) is 41.6 Å². The predicted molar refractivity (Wildman–Crippen MR) is 193 cm³/mol. The summed E-state index contributed by atoms with van der Waals surface area (Å²) < 4.78 is 5.86. The third-order valence-corrected chi connectivity index (χ3v) is 7.86. The van der Waals surface area contributed by atoms with E-state index in [1.54, 1.807) is 0 Å². The van der Waals surface area contributed by atoms with E-state index in [0.29, 0.717) is 38.6 Å². The number of unbranched alkanes of at least 4 members (excludes halogenated alkanes) is 12. The summed E-state index contributed by atoms with van der Waals surface area (Å²) in [5.74, 6) is -1.38. The molecule has 0 saturated heterocycles. The molecular weight excluding hydrogens is 576 g/mol. The monoisotopic (exact) mass is 645 g/mol. The summed E-state index contributed by atoms with van der Waals surface area (Å²) >= 11 is 0. The Balaban J connectivity index is 4.41. The van der Waals surface area contributed by atoms with Crippen molar-refractivity contribution in [3.05, 3.63) is 48.6 Å². The molecule has 0 aromatic rings. The van der Waals surface area contributed by atoms with Crippen molar-refractivity contribution in [1.29, 1.82) is 0 Å². The minimum atomic E-state index is -1.02. The van der Waals surface area contributed by atoms with Gasteiger partial charge >= 0.3 is 11.9 Å². The fourth-order valence-corrected chi connectivity index (χ4v) is 5.08. The third-order valence-electron chi connectivity index (χ3n) is 7.86. The molecule has 7 nitrogen and oxygen atoms in total. The number of hydrogen-bond acceptors (Lipinski definition) is 5. The van der Waals surface area contributed by atoms with Gasteiger partial charge in [0.1, 0.15) is 12.1 Å². The van der Waals surface area contributed by atoms with Gasteiger partial charge in [0.2, 0.25) is 5.91 Å². The summed E-state index contributed by atoms with van der Waals surface area (Å²) in [7, 11) is 0. The molecule has 0 aromatic carbocycles. The van der Waals surface area contributed by atoms with Crippen molar-refractivity contribution in [2.24, 2.45) is 5.73 Å². The maximum absolute atomic E-state index is 12.6. The Hall–Kier alpha value is -2.67. The zero-order chi connectivity index (χ0) is 33.9. The Labute approximate surface area is 281 Å². The molecular formula is C39H68N2O5. The summed E-state index contributed by atoms with van der Waals surface area (Å²) in [6.45, 7) is 4.77. The fourth-order valence-electron chi connectivity index (χ4n) is 5.08. The average Bonchev–Trinajstić information content (AvgIpc) is 3.04. The second-order valence-electron chi connectivity index (χ2n) is 12.2. The number of carbonyl (C=O) groups is 3. The normalized spacial score (nSPS) is 13.3. The van der Waals surface area contributed by atoms with Crippen molar-refractivity contribution in [2.75, 3.05) is 6.54 Å². The minimum Gasteiger partial charge on any atom is -0.480 e. The molecule has 0 heterocycles. The van der Waals surface area contributed by atoms with Crippen molar-refractivity contribution in [2.45, 2.75) is 174 Å². The highest BCUT2D eigenvalue weighted by molar-refractivity contribution is 5.83. The molecule has 0 aliphatic heterocycles. The molecule has 264 valence electrons. The second-order valence-corrected chi connectivity index (χ2v) is 12.2. The standard InChI is InChI=1S/C39H68N2O5/c1-3-5-7-9-11-13-14-15-16-17-19-21-27-33-38(43)46-35(29-24-20-18-12-10-8-6-4-2)30-25-22-23-26-32-37(42)41-36(39(44)45)31-28-34-40/h6,8,12-14,18,24,29,35-36H,3-5,7,9-11,15-17,19-23,25-28,30-34,40H2,1-2H3,(H,41,42)(H,44,45)/b8-6-,14-13-,18-12-,29-24-. The molecule has 0 aliphatic carbocycles. The molecule has 0 rings (SSSR count). The largest absolute Gasteiger partial charge is 0.480 e. The van der Waals surface area contributed by atoms with Gasteiger partial charge in [0.15, 0.2) is 0 Å². The summed E-state index contributed by atoms with van der Waals surface area (Å²) in [6, 6.07) is -0.877. The number of ether oxygens (including phenoxy) is 1. The van der Waals surface area contributed by atoms with Crippen molar-refractivity contribution in [3.8, 4) is 0 Å². The second kappa shape index (κ2) is 33.7. The van der Waals surface area contributed by atoms with Gasteiger partial charge in [-0.2, -0.15) is 0 Å². The van der Waals surface area contributed by atoms with E-state index in [4.69, 9.17) is 10.5 Å². The number of rotatable bonds is 32. The highest BCUT2D eigenvalue weighted by Crippen LogP contribution is 2.14. The molecule has 7 heteroatoms. The van der Waals surface area contributed by atoms with Gasteiger partial charge < -0.3 is 20.9 Å². The Morgan fingerprint density at radius 3 is 1.91 bits per heavy atom. The molecule has 2 unspecified atom stereocenters. The van der Waals surface area contributed by atoms with E-state index in [-0.39, 0.29) is 18.0 Å². The van der Waals surface area contributed by atoms with Crippen LogP contribution in [0.2, 0.25) is 0 Å². The van der Waals surface area contributed by atoms with Gasteiger partial charge in [0.25, 0.3) is 0 Å². The van der Waals surface area contributed by atoms with Crippen LogP contribution in [0.25, 0.3) is 0 Å². The van der Waals surface area contributed by atoms with Crippen LogP contribution in [0.1, 0.15) is 162 Å². The topological polar surface area (TPSA) is 119 Å². The number of nitrogens with two attached hydrogens (primary N) is 1. The van der Waals surface area contributed by atoms with E-state index in [2.05, 4.69) is 61.7 Å². The van der Waals surface area contributed by atoms with Gasteiger partial charge in [-0.05, 0) is 96.1 Å². The maximum atomic E-state index is 12.6. The molecule has 1 amide bonds. The lowest BCUT2D eigenvalue weighted by Gasteiger charge is -2.15. The number of aliphatic carboxylic acids is 1. The number of hydrogen-bond donors (Lipinski definition) is 3. The number of carboxylic acids is 1. The summed E-state index contributed by atoms with van der Waals surface area (Å²) in [4.78, 5) is 36.1. The van der Waals surface area contributed by atoms with E-state index in [1.165, 1.54) is 44.9 Å². The Morgan fingerprint density at radius 2 is 1.26 bits per heavy atom. The average molecular weight is 645 g/mol. The lowest BCUT2D eigenvalue weighted by molar-refractivity contribution is -0.147. The quantitative estimate of drug-likeness (QED) is 0.0381. The Kier molecular flexibility index (Phi) is 31.7. The first-order valence-corrected chi connectivity index (χ1v) is 18.5. The highest BCUT2D eigenvalue weighted by Gasteiger charge is 2.18. The SMILES string of the molecule is CC/C=C\C/C=C\C/C=C\C(CCCCCCC(=O)NC(CCCN)C(=O)O)OC(=O)CCCCCCC/C=C\CCCCCC. The van der Waals surface area contributed by atoms with Crippen LogP contribution in [0.15, 0.2) is 48.6 Å². The third kappa shape index (κ3) is 30.0. The smallest absolute Gasteiger partial charge is 0.326 e. The van der Waals surface area contributed by atoms with Gasteiger partial charge in [-0.25, -0.2) is 4.79 Å². The van der Waals surface area contributed by atoms with E-state index in [0.717, 1.165) is 70.6 Å². The molecule has 46 heavy (non-hydrogen) atoms. The number of carboxylic acid groups (broad SMARTS) is 1. The molecule has 0 radical (unpaired) electrons. The molecule has 0 saturated carbocycles. The number of allylic oxidation sites excluding steroid dienone is 7. The molecule has 0 aromatic heterocycles. The molecule has 0 spiro atoms. The lowest BCUT2D eigenvalue weighted by atomic mass is 10.1. The first-order valence-electron chi connectivity index (χ1n) is 18.5. The van der Waals surface area contributed by atoms with E-state index >= 15 is 0 Å². The van der Waals surface area contributed by atoms with E-state index < -0.39 is 12.0 Å². The van der Waals surface area contributed by atoms with Crippen LogP contribution in [-0.2, 0) is 19.1 Å². The molecule has 4 N–H and O–H groups in total. The maximum Gasteiger partial charge on any atom is 0.326 e. The van der Waals surface area contributed by atoms with Crippen LogP contribution in [0.5, 0.6) is 0 Å². The first kappa shape index (κ1) is 43.3. The van der Waals surface area contributed by atoms with E-state index in [9.17, 15) is 19.5 Å². The van der Waals surface area contributed by atoms with Crippen LogP contribution in [0, 0.1) is 0 Å². The number of esters is 1. The number of amides is 1. The summed E-state index contributed by atoms with van der Waals surface area (Å²) in [5.41, 5.74) is 5.46. The molecule has 0 aliphatic rings. The number of nitrogens with one attached hydrogen (secondary N) is 1. The number of carbonyl (C=O) groups excluding carboxylic acids is 2. The van der Waals surface area contributed by atoms with Crippen molar-refractivity contribution < 1.29 is 24.2 Å². The fraction of sp³-hybridized carbons (Fsp3) is 0.718. The van der Waals surface area contributed by atoms with Crippen molar-refractivity contribution >= 4 is 17.8 Å².